The lowest BCUT2D eigenvalue weighted by molar-refractivity contribution is -0.117. The number of aryl methyl sites for hydroxylation is 1. The summed E-state index contributed by atoms with van der Waals surface area (Å²) in [6.07, 6.45) is 2.88. The van der Waals surface area contributed by atoms with E-state index in [0.29, 0.717) is 16.5 Å². The standard InChI is InChI=1S/C15H11ClN2O3/c1-9-4-5-10(7-13(9)16)18-15(20)12(14(19)17-18)8-11-3-2-6-21-11/h2-8H,1H3,(H,17,19)/b12-8+. The summed E-state index contributed by atoms with van der Waals surface area (Å²) in [5.41, 5.74) is 3.92. The van der Waals surface area contributed by atoms with Crippen molar-refractivity contribution >= 4 is 35.2 Å². The molecule has 0 atom stereocenters. The third-order valence-electron chi connectivity index (χ3n) is 3.13. The number of nitrogens with one attached hydrogen (secondary N) is 1. The van der Waals surface area contributed by atoms with Crippen LogP contribution in [0.2, 0.25) is 5.02 Å². The molecule has 1 aromatic heterocycles. The normalized spacial score (nSPS) is 16.7. The lowest BCUT2D eigenvalue weighted by Gasteiger charge is -2.15. The zero-order chi connectivity index (χ0) is 15.0. The van der Waals surface area contributed by atoms with Crippen molar-refractivity contribution < 1.29 is 14.0 Å². The average molecular weight is 303 g/mol. The highest BCUT2D eigenvalue weighted by Gasteiger charge is 2.34. The Morgan fingerprint density at radius 3 is 2.76 bits per heavy atom. The predicted octanol–water partition coefficient (Wildman–Crippen LogP) is 2.70. The Hall–Kier alpha value is -2.53. The third-order valence-corrected chi connectivity index (χ3v) is 3.54. The van der Waals surface area contributed by atoms with Crippen LogP contribution in [0.4, 0.5) is 5.69 Å². The number of benzene rings is 1. The van der Waals surface area contributed by atoms with E-state index < -0.39 is 11.8 Å². The van der Waals surface area contributed by atoms with Gasteiger partial charge in [0.25, 0.3) is 11.8 Å². The molecule has 1 aliphatic rings. The van der Waals surface area contributed by atoms with Gasteiger partial charge in [-0.2, -0.15) is 0 Å². The van der Waals surface area contributed by atoms with Gasteiger partial charge in [-0.15, -0.1) is 0 Å². The van der Waals surface area contributed by atoms with E-state index in [9.17, 15) is 9.59 Å². The number of halogens is 1. The molecule has 0 radical (unpaired) electrons. The second kappa shape index (κ2) is 5.10. The van der Waals surface area contributed by atoms with Crippen LogP contribution in [0.25, 0.3) is 6.08 Å². The topological polar surface area (TPSA) is 62.6 Å². The van der Waals surface area contributed by atoms with E-state index in [1.807, 2.05) is 6.92 Å². The molecule has 21 heavy (non-hydrogen) atoms. The number of carbonyl (C=O) groups excluding carboxylic acids is 2. The van der Waals surface area contributed by atoms with Crippen LogP contribution < -0.4 is 10.4 Å². The van der Waals surface area contributed by atoms with E-state index >= 15 is 0 Å². The maximum atomic E-state index is 12.3. The van der Waals surface area contributed by atoms with Gasteiger partial charge in [0, 0.05) is 5.02 Å². The fourth-order valence-corrected chi connectivity index (χ4v) is 2.15. The number of hydrogen-bond acceptors (Lipinski definition) is 3. The molecule has 1 aliphatic heterocycles. The van der Waals surface area contributed by atoms with Crippen LogP contribution in [-0.4, -0.2) is 11.8 Å². The molecule has 2 amide bonds. The fraction of sp³-hybridized carbons (Fsp3) is 0.0667. The van der Waals surface area contributed by atoms with Crippen LogP contribution in [0, 0.1) is 6.92 Å². The molecule has 3 rings (SSSR count). The van der Waals surface area contributed by atoms with Gasteiger partial charge in [0.05, 0.1) is 12.0 Å². The van der Waals surface area contributed by atoms with Crippen molar-refractivity contribution in [3.05, 3.63) is 58.5 Å². The first-order valence-corrected chi connectivity index (χ1v) is 6.61. The molecule has 2 aromatic rings. The highest BCUT2D eigenvalue weighted by molar-refractivity contribution is 6.33. The molecule has 1 saturated heterocycles. The third kappa shape index (κ3) is 2.43. The Morgan fingerprint density at radius 1 is 1.29 bits per heavy atom. The van der Waals surface area contributed by atoms with Crippen molar-refractivity contribution in [1.29, 1.82) is 0 Å². The Morgan fingerprint density at radius 2 is 2.10 bits per heavy atom. The number of hydrogen-bond donors (Lipinski definition) is 1. The summed E-state index contributed by atoms with van der Waals surface area (Å²) < 4.78 is 5.12. The van der Waals surface area contributed by atoms with E-state index in [1.54, 1.807) is 30.3 Å². The Bertz CT molecular complexity index is 750. The Labute approximate surface area is 125 Å². The highest BCUT2D eigenvalue weighted by Crippen LogP contribution is 2.26. The molecule has 106 valence electrons. The maximum absolute atomic E-state index is 12.3. The summed E-state index contributed by atoms with van der Waals surface area (Å²) in [6, 6.07) is 8.48. The van der Waals surface area contributed by atoms with Crippen LogP contribution in [0.5, 0.6) is 0 Å². The van der Waals surface area contributed by atoms with Crippen molar-refractivity contribution in [2.45, 2.75) is 6.92 Å². The molecule has 2 heterocycles. The first kappa shape index (κ1) is 13.5. The van der Waals surface area contributed by atoms with Gasteiger partial charge in [0.1, 0.15) is 11.3 Å². The number of amides is 2. The number of rotatable bonds is 2. The molecule has 1 fully saturated rings. The van der Waals surface area contributed by atoms with Gasteiger partial charge < -0.3 is 4.42 Å². The molecule has 0 bridgehead atoms. The predicted molar refractivity (Wildman–Crippen MR) is 78.5 cm³/mol. The minimum atomic E-state index is -0.479. The van der Waals surface area contributed by atoms with Crippen LogP contribution in [0.15, 0.2) is 46.6 Å². The summed E-state index contributed by atoms with van der Waals surface area (Å²) in [5.74, 6) is -0.485. The molecule has 0 saturated carbocycles. The van der Waals surface area contributed by atoms with Gasteiger partial charge in [0.2, 0.25) is 0 Å². The van der Waals surface area contributed by atoms with Crippen LogP contribution in [0.3, 0.4) is 0 Å². The second-order valence-corrected chi connectivity index (χ2v) is 5.00. The monoisotopic (exact) mass is 302 g/mol. The fourth-order valence-electron chi connectivity index (χ4n) is 1.98. The molecular weight excluding hydrogens is 292 g/mol. The zero-order valence-corrected chi connectivity index (χ0v) is 11.8. The van der Waals surface area contributed by atoms with Gasteiger partial charge in [-0.1, -0.05) is 17.7 Å². The van der Waals surface area contributed by atoms with E-state index in [-0.39, 0.29) is 5.57 Å². The van der Waals surface area contributed by atoms with Crippen molar-refractivity contribution in [3.63, 3.8) is 0 Å². The number of nitrogens with zero attached hydrogens (tertiary/aromatic N) is 1. The van der Waals surface area contributed by atoms with Gasteiger partial charge >= 0.3 is 0 Å². The van der Waals surface area contributed by atoms with E-state index in [1.165, 1.54) is 17.3 Å². The molecule has 0 spiro atoms. The number of carbonyl (C=O) groups is 2. The largest absolute Gasteiger partial charge is 0.465 e. The quantitative estimate of drug-likeness (QED) is 0.685. The molecule has 0 unspecified atom stereocenters. The molecule has 1 aromatic carbocycles. The number of furan rings is 1. The first-order valence-electron chi connectivity index (χ1n) is 6.23. The van der Waals surface area contributed by atoms with Crippen molar-refractivity contribution in [3.8, 4) is 0 Å². The van der Waals surface area contributed by atoms with Gasteiger partial charge in [-0.3, -0.25) is 15.0 Å². The number of anilines is 1. The van der Waals surface area contributed by atoms with Crippen molar-refractivity contribution in [1.82, 2.24) is 5.43 Å². The SMILES string of the molecule is Cc1ccc(N2NC(=O)/C(=C\c3ccco3)C2=O)cc1Cl. The molecular formula is C15H11ClN2O3. The Balaban J connectivity index is 1.95. The van der Waals surface area contributed by atoms with E-state index in [4.69, 9.17) is 16.0 Å². The molecule has 0 aliphatic carbocycles. The van der Waals surface area contributed by atoms with Gasteiger partial charge in [-0.25, -0.2) is 5.01 Å². The zero-order valence-electron chi connectivity index (χ0n) is 11.1. The average Bonchev–Trinajstić information content (AvgIpc) is 3.06. The minimum Gasteiger partial charge on any atom is -0.465 e. The van der Waals surface area contributed by atoms with Crippen LogP contribution in [0.1, 0.15) is 11.3 Å². The summed E-state index contributed by atoms with van der Waals surface area (Å²) in [7, 11) is 0. The molecule has 5 nitrogen and oxygen atoms in total. The summed E-state index contributed by atoms with van der Waals surface area (Å²) in [4.78, 5) is 24.3. The lowest BCUT2D eigenvalue weighted by atomic mass is 10.2. The summed E-state index contributed by atoms with van der Waals surface area (Å²) >= 11 is 6.05. The second-order valence-electron chi connectivity index (χ2n) is 4.59. The maximum Gasteiger partial charge on any atom is 0.282 e. The van der Waals surface area contributed by atoms with E-state index in [2.05, 4.69) is 5.43 Å². The summed E-state index contributed by atoms with van der Waals surface area (Å²) in [5, 5.41) is 1.70. The van der Waals surface area contributed by atoms with Crippen molar-refractivity contribution in [2.24, 2.45) is 0 Å². The molecule has 1 N–H and O–H groups in total. The summed E-state index contributed by atoms with van der Waals surface area (Å²) in [6.45, 7) is 1.86. The highest BCUT2D eigenvalue weighted by atomic mass is 35.5. The Kier molecular flexibility index (Phi) is 3.27. The van der Waals surface area contributed by atoms with E-state index in [0.717, 1.165) is 5.56 Å². The lowest BCUT2D eigenvalue weighted by Crippen LogP contribution is -2.35. The number of hydrazine groups is 1. The molecule has 6 heteroatoms. The smallest absolute Gasteiger partial charge is 0.282 e. The van der Waals surface area contributed by atoms with Crippen LogP contribution in [-0.2, 0) is 9.59 Å². The van der Waals surface area contributed by atoms with Gasteiger partial charge in [-0.05, 0) is 42.8 Å². The van der Waals surface area contributed by atoms with Crippen LogP contribution >= 0.6 is 11.6 Å². The minimum absolute atomic E-state index is 0.0154. The van der Waals surface area contributed by atoms with Gasteiger partial charge in [0.15, 0.2) is 0 Å². The first-order chi connectivity index (χ1) is 10.1. The van der Waals surface area contributed by atoms with Crippen molar-refractivity contribution in [2.75, 3.05) is 5.01 Å².